The number of amides is 1. The standard InChI is InChI=1S/C11H19N5O3S/c1-7(2)15-10(17)8(3)16-20(18,19)9-5-13-11(12-4)14-6-9/h5-8,16H,1-4H3,(H,15,17)(H,12,13,14). The highest BCUT2D eigenvalue weighted by molar-refractivity contribution is 7.89. The molecule has 0 aromatic carbocycles. The summed E-state index contributed by atoms with van der Waals surface area (Å²) in [6, 6.07) is -0.945. The molecule has 20 heavy (non-hydrogen) atoms. The maximum Gasteiger partial charge on any atom is 0.244 e. The first kappa shape index (κ1) is 16.3. The monoisotopic (exact) mass is 301 g/mol. The predicted octanol–water partition coefficient (Wildman–Crippen LogP) is -0.290. The Balaban J connectivity index is 2.80. The maximum absolute atomic E-state index is 12.0. The summed E-state index contributed by atoms with van der Waals surface area (Å²) in [5.74, 6) is -0.0779. The third kappa shape index (κ3) is 4.42. The van der Waals surface area contributed by atoms with Gasteiger partial charge in [-0.25, -0.2) is 18.4 Å². The fourth-order valence-electron chi connectivity index (χ4n) is 1.35. The summed E-state index contributed by atoms with van der Waals surface area (Å²) in [6.07, 6.45) is 2.35. The Bertz CT molecular complexity index is 556. The van der Waals surface area contributed by atoms with Crippen LogP contribution in [0.3, 0.4) is 0 Å². The summed E-state index contributed by atoms with van der Waals surface area (Å²) in [6.45, 7) is 5.06. The lowest BCUT2D eigenvalue weighted by Gasteiger charge is -2.16. The van der Waals surface area contributed by atoms with Crippen LogP contribution in [0.25, 0.3) is 0 Å². The summed E-state index contributed by atoms with van der Waals surface area (Å²) in [7, 11) is -2.20. The first-order valence-corrected chi connectivity index (χ1v) is 7.57. The van der Waals surface area contributed by atoms with Crippen molar-refractivity contribution in [2.24, 2.45) is 0 Å². The predicted molar refractivity (Wildman–Crippen MR) is 74.6 cm³/mol. The van der Waals surface area contributed by atoms with Gasteiger partial charge < -0.3 is 10.6 Å². The molecule has 0 aliphatic heterocycles. The van der Waals surface area contributed by atoms with Gasteiger partial charge in [-0.3, -0.25) is 4.79 Å². The van der Waals surface area contributed by atoms with Crippen LogP contribution in [-0.2, 0) is 14.8 Å². The molecule has 0 radical (unpaired) electrons. The molecule has 9 heteroatoms. The Morgan fingerprint density at radius 3 is 2.20 bits per heavy atom. The van der Waals surface area contributed by atoms with Crippen LogP contribution in [-0.4, -0.2) is 43.4 Å². The Morgan fingerprint density at radius 2 is 1.75 bits per heavy atom. The zero-order valence-corrected chi connectivity index (χ0v) is 12.7. The number of sulfonamides is 1. The van der Waals surface area contributed by atoms with Crippen LogP contribution in [0.1, 0.15) is 20.8 Å². The summed E-state index contributed by atoms with van der Waals surface area (Å²) < 4.78 is 26.4. The van der Waals surface area contributed by atoms with Gasteiger partial charge in [-0.2, -0.15) is 4.72 Å². The van der Waals surface area contributed by atoms with Crippen molar-refractivity contribution in [2.75, 3.05) is 12.4 Å². The molecule has 1 heterocycles. The zero-order valence-electron chi connectivity index (χ0n) is 11.8. The van der Waals surface area contributed by atoms with E-state index in [0.717, 1.165) is 0 Å². The second-order valence-electron chi connectivity index (χ2n) is 4.50. The molecule has 0 bridgehead atoms. The third-order valence-electron chi connectivity index (χ3n) is 2.32. The molecule has 1 atom stereocenters. The van der Waals surface area contributed by atoms with E-state index in [1.165, 1.54) is 19.3 Å². The Labute approximate surface area is 118 Å². The van der Waals surface area contributed by atoms with Crippen LogP contribution in [0, 0.1) is 0 Å². The van der Waals surface area contributed by atoms with Gasteiger partial charge in [-0.05, 0) is 20.8 Å². The molecular weight excluding hydrogens is 282 g/mol. The van der Waals surface area contributed by atoms with E-state index in [4.69, 9.17) is 0 Å². The van der Waals surface area contributed by atoms with Gasteiger partial charge >= 0.3 is 0 Å². The normalized spacial score (nSPS) is 13.1. The molecule has 0 saturated heterocycles. The van der Waals surface area contributed by atoms with Crippen molar-refractivity contribution in [3.8, 4) is 0 Å². The van der Waals surface area contributed by atoms with Gasteiger partial charge in [0.1, 0.15) is 4.90 Å². The van der Waals surface area contributed by atoms with Gasteiger partial charge in [0.15, 0.2) is 0 Å². The van der Waals surface area contributed by atoms with Crippen LogP contribution in [0.5, 0.6) is 0 Å². The van der Waals surface area contributed by atoms with Crippen LogP contribution < -0.4 is 15.4 Å². The van der Waals surface area contributed by atoms with E-state index in [2.05, 4.69) is 25.3 Å². The van der Waals surface area contributed by atoms with Crippen LogP contribution >= 0.6 is 0 Å². The van der Waals surface area contributed by atoms with Crippen molar-refractivity contribution in [2.45, 2.75) is 37.8 Å². The van der Waals surface area contributed by atoms with Crippen molar-refractivity contribution < 1.29 is 13.2 Å². The SMILES string of the molecule is CNc1ncc(S(=O)(=O)NC(C)C(=O)NC(C)C)cn1. The van der Waals surface area contributed by atoms with E-state index in [9.17, 15) is 13.2 Å². The highest BCUT2D eigenvalue weighted by atomic mass is 32.2. The van der Waals surface area contributed by atoms with E-state index < -0.39 is 22.0 Å². The lowest BCUT2D eigenvalue weighted by atomic mass is 10.3. The molecular formula is C11H19N5O3S. The van der Waals surface area contributed by atoms with Crippen LogP contribution in [0.4, 0.5) is 5.95 Å². The largest absolute Gasteiger partial charge is 0.357 e. The molecule has 1 aromatic rings. The van der Waals surface area contributed by atoms with Crippen molar-refractivity contribution in [3.63, 3.8) is 0 Å². The topological polar surface area (TPSA) is 113 Å². The third-order valence-corrected chi connectivity index (χ3v) is 3.81. The van der Waals surface area contributed by atoms with Crippen molar-refractivity contribution in [1.82, 2.24) is 20.0 Å². The molecule has 3 N–H and O–H groups in total. The molecule has 0 saturated carbocycles. The van der Waals surface area contributed by atoms with Gasteiger partial charge in [0.05, 0.1) is 18.4 Å². The smallest absolute Gasteiger partial charge is 0.244 e. The first-order chi connectivity index (χ1) is 9.26. The number of rotatable bonds is 6. The highest BCUT2D eigenvalue weighted by Crippen LogP contribution is 2.07. The molecule has 0 aliphatic rings. The fourth-order valence-corrected chi connectivity index (χ4v) is 2.44. The summed E-state index contributed by atoms with van der Waals surface area (Å²) >= 11 is 0. The molecule has 8 nitrogen and oxygen atoms in total. The van der Waals surface area contributed by atoms with Crippen LogP contribution in [0.15, 0.2) is 17.3 Å². The zero-order chi connectivity index (χ0) is 15.3. The molecule has 0 fully saturated rings. The lowest BCUT2D eigenvalue weighted by molar-refractivity contribution is -0.122. The van der Waals surface area contributed by atoms with Gasteiger partial charge in [0.2, 0.25) is 21.9 Å². The van der Waals surface area contributed by atoms with E-state index in [1.807, 2.05) is 0 Å². The second kappa shape index (κ2) is 6.62. The van der Waals surface area contributed by atoms with Gasteiger partial charge in [-0.15, -0.1) is 0 Å². The number of carbonyl (C=O) groups excluding carboxylic acids is 1. The van der Waals surface area contributed by atoms with E-state index >= 15 is 0 Å². The summed E-state index contributed by atoms with van der Waals surface area (Å²) in [4.78, 5) is 19.2. The average Bonchev–Trinajstić information content (AvgIpc) is 2.37. The van der Waals surface area contributed by atoms with Gasteiger partial charge in [-0.1, -0.05) is 0 Å². The Morgan fingerprint density at radius 1 is 1.20 bits per heavy atom. The number of carbonyl (C=O) groups is 1. The molecule has 1 unspecified atom stereocenters. The number of nitrogens with one attached hydrogen (secondary N) is 3. The minimum Gasteiger partial charge on any atom is -0.357 e. The maximum atomic E-state index is 12.0. The summed E-state index contributed by atoms with van der Waals surface area (Å²) in [5.41, 5.74) is 0. The van der Waals surface area contributed by atoms with Gasteiger partial charge in [0, 0.05) is 13.1 Å². The fraction of sp³-hybridized carbons (Fsp3) is 0.545. The van der Waals surface area contributed by atoms with Gasteiger partial charge in [0.25, 0.3) is 0 Å². The van der Waals surface area contributed by atoms with Crippen LogP contribution in [0.2, 0.25) is 0 Å². The molecule has 0 spiro atoms. The molecule has 1 rings (SSSR count). The minimum absolute atomic E-state index is 0.0623. The number of nitrogens with zero attached hydrogens (tertiary/aromatic N) is 2. The second-order valence-corrected chi connectivity index (χ2v) is 6.21. The van der Waals surface area contributed by atoms with Crippen molar-refractivity contribution >= 4 is 21.9 Å². The number of hydrogen-bond donors (Lipinski definition) is 3. The summed E-state index contributed by atoms with van der Waals surface area (Å²) in [5, 5.41) is 5.31. The quantitative estimate of drug-likeness (QED) is 0.665. The van der Waals surface area contributed by atoms with E-state index in [-0.39, 0.29) is 10.9 Å². The Hall–Kier alpha value is -1.74. The number of hydrogen-bond acceptors (Lipinski definition) is 6. The molecule has 1 aromatic heterocycles. The highest BCUT2D eigenvalue weighted by Gasteiger charge is 2.22. The lowest BCUT2D eigenvalue weighted by Crippen LogP contribution is -2.46. The Kier molecular flexibility index (Phi) is 5.40. The van der Waals surface area contributed by atoms with Crippen molar-refractivity contribution in [3.05, 3.63) is 12.4 Å². The molecule has 1 amide bonds. The van der Waals surface area contributed by atoms with Crippen molar-refractivity contribution in [1.29, 1.82) is 0 Å². The van der Waals surface area contributed by atoms with E-state index in [1.54, 1.807) is 20.9 Å². The average molecular weight is 301 g/mol. The molecule has 112 valence electrons. The number of aromatic nitrogens is 2. The van der Waals surface area contributed by atoms with E-state index in [0.29, 0.717) is 5.95 Å². The first-order valence-electron chi connectivity index (χ1n) is 6.08. The number of anilines is 1. The minimum atomic E-state index is -3.83. The molecule has 0 aliphatic carbocycles.